The van der Waals surface area contributed by atoms with Gasteiger partial charge >= 0.3 is 0 Å². The second kappa shape index (κ2) is 7.28. The van der Waals surface area contributed by atoms with E-state index in [-0.39, 0.29) is 24.4 Å². The number of likely N-dealkylation sites (N-methyl/N-ethyl adjacent to an activating group) is 1. The SMILES string of the molecule is CN1CCC(N(C)C(=O)C2COCCN2)CC1.Cl. The first kappa shape index (κ1) is 15.7. The Morgan fingerprint density at radius 1 is 1.39 bits per heavy atom. The van der Waals surface area contributed by atoms with E-state index < -0.39 is 0 Å². The van der Waals surface area contributed by atoms with Crippen molar-refractivity contribution in [1.82, 2.24) is 15.1 Å². The van der Waals surface area contributed by atoms with Gasteiger partial charge in [-0.3, -0.25) is 4.79 Å². The molecule has 0 aromatic heterocycles. The highest BCUT2D eigenvalue weighted by Crippen LogP contribution is 2.15. The standard InChI is InChI=1S/C12H23N3O2.ClH/c1-14-6-3-10(4-7-14)15(2)12(16)11-9-17-8-5-13-11;/h10-11,13H,3-9H2,1-2H3;1H. The number of nitrogens with zero attached hydrogens (tertiary/aromatic N) is 2. The van der Waals surface area contributed by atoms with Gasteiger partial charge in [0.05, 0.1) is 13.2 Å². The minimum absolute atomic E-state index is 0. The highest BCUT2D eigenvalue weighted by Gasteiger charge is 2.29. The summed E-state index contributed by atoms with van der Waals surface area (Å²) in [6.45, 7) is 4.16. The van der Waals surface area contributed by atoms with Crippen molar-refractivity contribution in [3.63, 3.8) is 0 Å². The number of carbonyl (C=O) groups is 1. The van der Waals surface area contributed by atoms with Gasteiger partial charge in [-0.2, -0.15) is 0 Å². The summed E-state index contributed by atoms with van der Waals surface area (Å²) in [4.78, 5) is 16.5. The van der Waals surface area contributed by atoms with Gasteiger partial charge in [-0.1, -0.05) is 0 Å². The molecular weight excluding hydrogens is 254 g/mol. The Kier molecular flexibility index (Phi) is 6.35. The minimum Gasteiger partial charge on any atom is -0.378 e. The number of halogens is 1. The van der Waals surface area contributed by atoms with Crippen molar-refractivity contribution in [1.29, 1.82) is 0 Å². The monoisotopic (exact) mass is 277 g/mol. The first-order valence-corrected chi connectivity index (χ1v) is 6.45. The number of carbonyl (C=O) groups excluding carboxylic acids is 1. The topological polar surface area (TPSA) is 44.8 Å². The number of piperidine rings is 1. The van der Waals surface area contributed by atoms with Gasteiger partial charge in [-0.25, -0.2) is 0 Å². The maximum Gasteiger partial charge on any atom is 0.242 e. The third-order valence-electron chi connectivity index (χ3n) is 3.80. The molecule has 6 heteroatoms. The van der Waals surface area contributed by atoms with Crippen molar-refractivity contribution in [2.75, 3.05) is 46.9 Å². The van der Waals surface area contributed by atoms with Crippen LogP contribution in [0, 0.1) is 0 Å². The van der Waals surface area contributed by atoms with Crippen LogP contribution >= 0.6 is 12.4 Å². The van der Waals surface area contributed by atoms with Crippen LogP contribution in [0.2, 0.25) is 0 Å². The molecule has 1 unspecified atom stereocenters. The Labute approximate surface area is 115 Å². The van der Waals surface area contributed by atoms with Crippen molar-refractivity contribution in [3.8, 4) is 0 Å². The maximum absolute atomic E-state index is 12.2. The molecule has 0 aromatic rings. The van der Waals surface area contributed by atoms with Crippen molar-refractivity contribution in [2.24, 2.45) is 0 Å². The number of hydrogen-bond donors (Lipinski definition) is 1. The molecule has 0 aromatic carbocycles. The van der Waals surface area contributed by atoms with Gasteiger partial charge in [0, 0.05) is 19.6 Å². The van der Waals surface area contributed by atoms with E-state index in [0.717, 1.165) is 32.5 Å². The third-order valence-corrected chi connectivity index (χ3v) is 3.80. The molecule has 1 N–H and O–H groups in total. The number of ether oxygens (including phenoxy) is 1. The summed E-state index contributed by atoms with van der Waals surface area (Å²) >= 11 is 0. The maximum atomic E-state index is 12.2. The summed E-state index contributed by atoms with van der Waals surface area (Å²) < 4.78 is 5.34. The van der Waals surface area contributed by atoms with Crippen molar-refractivity contribution in [2.45, 2.75) is 24.9 Å². The van der Waals surface area contributed by atoms with E-state index in [4.69, 9.17) is 4.74 Å². The first-order valence-electron chi connectivity index (χ1n) is 6.45. The van der Waals surface area contributed by atoms with E-state index in [1.807, 2.05) is 11.9 Å². The van der Waals surface area contributed by atoms with Crippen LogP contribution in [-0.2, 0) is 9.53 Å². The van der Waals surface area contributed by atoms with Gasteiger partial charge in [-0.15, -0.1) is 12.4 Å². The number of hydrogen-bond acceptors (Lipinski definition) is 4. The van der Waals surface area contributed by atoms with Crippen LogP contribution in [0.1, 0.15) is 12.8 Å². The highest BCUT2D eigenvalue weighted by molar-refractivity contribution is 5.85. The molecule has 18 heavy (non-hydrogen) atoms. The summed E-state index contributed by atoms with van der Waals surface area (Å²) in [5.74, 6) is 0.180. The fourth-order valence-electron chi connectivity index (χ4n) is 2.53. The van der Waals surface area contributed by atoms with E-state index >= 15 is 0 Å². The summed E-state index contributed by atoms with van der Waals surface area (Å²) in [6, 6.07) is 0.246. The number of rotatable bonds is 2. The van der Waals surface area contributed by atoms with Gasteiger partial charge in [-0.05, 0) is 33.0 Å². The molecule has 106 valence electrons. The Morgan fingerprint density at radius 2 is 2.06 bits per heavy atom. The zero-order valence-corrected chi connectivity index (χ0v) is 12.0. The van der Waals surface area contributed by atoms with E-state index in [2.05, 4.69) is 17.3 Å². The quantitative estimate of drug-likeness (QED) is 0.769. The van der Waals surface area contributed by atoms with Crippen LogP contribution in [0.4, 0.5) is 0 Å². The molecule has 5 nitrogen and oxygen atoms in total. The summed E-state index contributed by atoms with van der Waals surface area (Å²) in [7, 11) is 4.06. The first-order chi connectivity index (χ1) is 8.18. The van der Waals surface area contributed by atoms with Crippen LogP contribution < -0.4 is 5.32 Å². The normalized spacial score (nSPS) is 26.4. The predicted octanol–water partition coefficient (Wildman–Crippen LogP) is -0.0508. The van der Waals surface area contributed by atoms with E-state index in [9.17, 15) is 4.79 Å². The van der Waals surface area contributed by atoms with Gasteiger partial charge in [0.25, 0.3) is 0 Å². The van der Waals surface area contributed by atoms with Crippen LogP contribution in [-0.4, -0.2) is 74.7 Å². The summed E-state index contributed by atoms with van der Waals surface area (Å²) in [6.07, 6.45) is 2.15. The van der Waals surface area contributed by atoms with E-state index in [1.165, 1.54) is 0 Å². The zero-order chi connectivity index (χ0) is 12.3. The fourth-order valence-corrected chi connectivity index (χ4v) is 2.53. The molecule has 2 aliphatic heterocycles. The molecule has 1 atom stereocenters. The molecule has 1 amide bonds. The fraction of sp³-hybridized carbons (Fsp3) is 0.917. The Morgan fingerprint density at radius 3 is 2.61 bits per heavy atom. The largest absolute Gasteiger partial charge is 0.378 e. The molecule has 0 saturated carbocycles. The van der Waals surface area contributed by atoms with Gasteiger partial charge in [0.15, 0.2) is 0 Å². The second-order valence-electron chi connectivity index (χ2n) is 5.07. The number of likely N-dealkylation sites (tertiary alicyclic amines) is 1. The highest BCUT2D eigenvalue weighted by atomic mass is 35.5. The molecule has 2 aliphatic rings. The molecule has 0 spiro atoms. The Hall–Kier alpha value is -0.360. The lowest BCUT2D eigenvalue weighted by atomic mass is 10.0. The smallest absolute Gasteiger partial charge is 0.242 e. The Bertz CT molecular complexity index is 264. The van der Waals surface area contributed by atoms with E-state index in [1.54, 1.807) is 0 Å². The lowest BCUT2D eigenvalue weighted by molar-refractivity contribution is -0.138. The second-order valence-corrected chi connectivity index (χ2v) is 5.07. The number of nitrogens with one attached hydrogen (secondary N) is 1. The van der Waals surface area contributed by atoms with Gasteiger partial charge in [0.1, 0.15) is 6.04 Å². The van der Waals surface area contributed by atoms with Crippen molar-refractivity contribution >= 4 is 18.3 Å². The van der Waals surface area contributed by atoms with Crippen LogP contribution in [0.15, 0.2) is 0 Å². The van der Waals surface area contributed by atoms with Crippen LogP contribution in [0.3, 0.4) is 0 Å². The molecule has 2 fully saturated rings. The molecule has 0 aliphatic carbocycles. The number of amides is 1. The average Bonchev–Trinajstić information content (AvgIpc) is 2.39. The number of morpholine rings is 1. The van der Waals surface area contributed by atoms with Crippen LogP contribution in [0.5, 0.6) is 0 Å². The molecule has 2 heterocycles. The molecule has 2 saturated heterocycles. The molecule has 2 rings (SSSR count). The lowest BCUT2D eigenvalue weighted by Gasteiger charge is -2.37. The van der Waals surface area contributed by atoms with E-state index in [0.29, 0.717) is 19.3 Å². The third kappa shape index (κ3) is 3.82. The van der Waals surface area contributed by atoms with Crippen LogP contribution in [0.25, 0.3) is 0 Å². The summed E-state index contributed by atoms with van der Waals surface area (Å²) in [5.41, 5.74) is 0. The molecule has 0 bridgehead atoms. The molecular formula is C12H24ClN3O2. The molecule has 0 radical (unpaired) electrons. The predicted molar refractivity (Wildman–Crippen MR) is 73.1 cm³/mol. The summed E-state index contributed by atoms with van der Waals surface area (Å²) in [5, 5.41) is 3.22. The van der Waals surface area contributed by atoms with Gasteiger partial charge < -0.3 is 19.9 Å². The lowest BCUT2D eigenvalue weighted by Crippen LogP contribution is -2.55. The van der Waals surface area contributed by atoms with Crippen molar-refractivity contribution < 1.29 is 9.53 Å². The minimum atomic E-state index is -0.145. The van der Waals surface area contributed by atoms with Crippen molar-refractivity contribution in [3.05, 3.63) is 0 Å². The zero-order valence-electron chi connectivity index (χ0n) is 11.2. The van der Waals surface area contributed by atoms with Gasteiger partial charge in [0.2, 0.25) is 5.91 Å². The Balaban J connectivity index is 0.00000162. The average molecular weight is 278 g/mol.